The van der Waals surface area contributed by atoms with Crippen LogP contribution in [0.4, 0.5) is 5.69 Å². The second-order valence-corrected chi connectivity index (χ2v) is 7.63. The van der Waals surface area contributed by atoms with Crippen LogP contribution < -0.4 is 10.6 Å². The fraction of sp³-hybridized carbons (Fsp3) is 0.591. The molecule has 8 nitrogen and oxygen atoms in total. The predicted octanol–water partition coefficient (Wildman–Crippen LogP) is 2.77. The first-order chi connectivity index (χ1) is 14.6. The molecule has 9 heteroatoms. The van der Waals surface area contributed by atoms with Crippen LogP contribution in [0.1, 0.15) is 38.2 Å². The van der Waals surface area contributed by atoms with Crippen molar-refractivity contribution in [1.29, 1.82) is 0 Å². The maximum atomic E-state index is 12.3. The maximum Gasteiger partial charge on any atom is 0.310 e. The molecular weight excluding hydrogens is 511 g/mol. The first-order valence-electron chi connectivity index (χ1n) is 10.7. The Bertz CT molecular complexity index is 768. The molecule has 0 radical (unpaired) electrons. The number of piperidine rings is 1. The molecular formula is C22H33IN4O4. The summed E-state index contributed by atoms with van der Waals surface area (Å²) in [6, 6.07) is 7.74. The lowest BCUT2D eigenvalue weighted by atomic mass is 9.98. The van der Waals surface area contributed by atoms with Crippen molar-refractivity contribution >= 4 is 47.5 Å². The third-order valence-electron chi connectivity index (χ3n) is 5.42. The summed E-state index contributed by atoms with van der Waals surface area (Å²) in [6.07, 6.45) is 3.12. The molecule has 172 valence electrons. The van der Waals surface area contributed by atoms with Crippen LogP contribution in [0.2, 0.25) is 0 Å². The summed E-state index contributed by atoms with van der Waals surface area (Å²) in [5.41, 5.74) is 1.78. The van der Waals surface area contributed by atoms with E-state index in [9.17, 15) is 9.59 Å². The number of nitrogens with zero attached hydrogens (tertiary/aromatic N) is 2. The summed E-state index contributed by atoms with van der Waals surface area (Å²) < 4.78 is 10.6. The van der Waals surface area contributed by atoms with Gasteiger partial charge in [0.25, 0.3) is 5.91 Å². The summed E-state index contributed by atoms with van der Waals surface area (Å²) in [5, 5.41) is 6.30. The molecule has 2 aliphatic rings. The summed E-state index contributed by atoms with van der Waals surface area (Å²) in [4.78, 5) is 30.9. The Hall–Kier alpha value is -1.88. The number of guanidine groups is 1. The molecule has 1 amide bonds. The minimum atomic E-state index is -0.350. The van der Waals surface area contributed by atoms with Crippen molar-refractivity contribution in [3.63, 3.8) is 0 Å². The number of hydrogen-bond donors (Lipinski definition) is 2. The number of rotatable bonds is 6. The molecule has 1 aromatic rings. The fourth-order valence-corrected chi connectivity index (χ4v) is 3.90. The van der Waals surface area contributed by atoms with Crippen molar-refractivity contribution in [2.75, 3.05) is 38.7 Å². The average Bonchev–Trinajstić information content (AvgIpc) is 3.30. The summed E-state index contributed by atoms with van der Waals surface area (Å²) in [6.45, 7) is 4.91. The first-order valence-corrected chi connectivity index (χ1v) is 10.7. The van der Waals surface area contributed by atoms with Gasteiger partial charge in [-0.2, -0.15) is 0 Å². The smallest absolute Gasteiger partial charge is 0.310 e. The highest BCUT2D eigenvalue weighted by Gasteiger charge is 2.28. The molecule has 0 aliphatic carbocycles. The number of esters is 1. The predicted molar refractivity (Wildman–Crippen MR) is 131 cm³/mol. The van der Waals surface area contributed by atoms with E-state index in [-0.39, 0.29) is 47.9 Å². The van der Waals surface area contributed by atoms with Crippen LogP contribution in [0.3, 0.4) is 0 Å². The van der Waals surface area contributed by atoms with Crippen LogP contribution in [0, 0.1) is 5.92 Å². The van der Waals surface area contributed by atoms with E-state index in [1.807, 2.05) is 31.2 Å². The quantitative estimate of drug-likeness (QED) is 0.248. The molecule has 3 rings (SSSR count). The lowest BCUT2D eigenvalue weighted by molar-refractivity contribution is -0.149. The topological polar surface area (TPSA) is 92.3 Å². The Morgan fingerprint density at radius 3 is 2.84 bits per heavy atom. The molecule has 1 aromatic carbocycles. The number of carbonyl (C=O) groups excluding carboxylic acids is 2. The summed E-state index contributed by atoms with van der Waals surface area (Å²) >= 11 is 0. The number of aliphatic imine (C=N–C) groups is 1. The van der Waals surface area contributed by atoms with Gasteiger partial charge >= 0.3 is 5.97 Å². The molecule has 2 aliphatic heterocycles. The van der Waals surface area contributed by atoms with Crippen LogP contribution in [0.25, 0.3) is 0 Å². The Morgan fingerprint density at radius 1 is 1.29 bits per heavy atom. The minimum absolute atomic E-state index is 0. The number of nitrogens with one attached hydrogen (secondary N) is 2. The second-order valence-electron chi connectivity index (χ2n) is 7.63. The minimum Gasteiger partial charge on any atom is -0.466 e. The average molecular weight is 544 g/mol. The van der Waals surface area contributed by atoms with Crippen molar-refractivity contribution in [2.24, 2.45) is 10.9 Å². The largest absolute Gasteiger partial charge is 0.466 e. The van der Waals surface area contributed by atoms with E-state index in [0.717, 1.165) is 49.4 Å². The van der Waals surface area contributed by atoms with Gasteiger partial charge in [0, 0.05) is 39.0 Å². The second kappa shape index (κ2) is 12.8. The number of amides is 1. The van der Waals surface area contributed by atoms with Gasteiger partial charge in [-0.3, -0.25) is 14.6 Å². The Labute approximate surface area is 201 Å². The molecule has 2 atom stereocenters. The first kappa shape index (κ1) is 25.4. The van der Waals surface area contributed by atoms with Crippen LogP contribution in [0.5, 0.6) is 0 Å². The lowest BCUT2D eigenvalue weighted by Crippen LogP contribution is -2.48. The SMILES string of the molecule is CCOC(=O)C1CCCN(C(=NC)NCc2cccc(NC(=O)C3CCCO3)c2)C1.I. The molecule has 2 saturated heterocycles. The standard InChI is InChI=1S/C22H32N4O4.HI/c1-3-29-21(28)17-8-5-11-26(15-17)22(23-2)24-14-16-7-4-9-18(13-16)25-20(27)19-10-6-12-30-19;/h4,7,9,13,17,19H,3,5-6,8,10-12,14-15H2,1-2H3,(H,23,24)(H,25,27);1H. The Morgan fingerprint density at radius 2 is 2.13 bits per heavy atom. The van der Waals surface area contributed by atoms with Gasteiger partial charge in [0.05, 0.1) is 12.5 Å². The highest BCUT2D eigenvalue weighted by Crippen LogP contribution is 2.19. The van der Waals surface area contributed by atoms with Crippen molar-refractivity contribution in [3.8, 4) is 0 Å². The molecule has 2 N–H and O–H groups in total. The van der Waals surface area contributed by atoms with Crippen LogP contribution in [0.15, 0.2) is 29.3 Å². The number of hydrogen-bond acceptors (Lipinski definition) is 5. The number of ether oxygens (including phenoxy) is 2. The zero-order valence-corrected chi connectivity index (χ0v) is 20.6. The van der Waals surface area contributed by atoms with Crippen LogP contribution >= 0.6 is 24.0 Å². The lowest BCUT2D eigenvalue weighted by Gasteiger charge is -2.34. The maximum absolute atomic E-state index is 12.3. The molecule has 31 heavy (non-hydrogen) atoms. The number of halogens is 1. The third-order valence-corrected chi connectivity index (χ3v) is 5.42. The van der Waals surface area contributed by atoms with E-state index >= 15 is 0 Å². The van der Waals surface area contributed by atoms with Crippen molar-refractivity contribution in [3.05, 3.63) is 29.8 Å². The molecule has 2 heterocycles. The van der Waals surface area contributed by atoms with Gasteiger partial charge in [0.2, 0.25) is 0 Å². The number of likely N-dealkylation sites (tertiary alicyclic amines) is 1. The summed E-state index contributed by atoms with van der Waals surface area (Å²) in [5.74, 6) is 0.422. The highest BCUT2D eigenvalue weighted by atomic mass is 127. The van der Waals surface area contributed by atoms with E-state index in [4.69, 9.17) is 9.47 Å². The van der Waals surface area contributed by atoms with Gasteiger partial charge in [-0.05, 0) is 50.3 Å². The molecule has 2 fully saturated rings. The van der Waals surface area contributed by atoms with Gasteiger partial charge in [-0.15, -0.1) is 24.0 Å². The van der Waals surface area contributed by atoms with E-state index in [2.05, 4.69) is 20.5 Å². The monoisotopic (exact) mass is 544 g/mol. The van der Waals surface area contributed by atoms with E-state index < -0.39 is 0 Å². The normalized spacial score (nSPS) is 21.2. The van der Waals surface area contributed by atoms with Gasteiger partial charge in [-0.1, -0.05) is 12.1 Å². The highest BCUT2D eigenvalue weighted by molar-refractivity contribution is 14.0. The van der Waals surface area contributed by atoms with Gasteiger partial charge < -0.3 is 25.0 Å². The molecule has 2 unspecified atom stereocenters. The number of anilines is 1. The zero-order chi connectivity index (χ0) is 21.3. The van der Waals surface area contributed by atoms with Gasteiger partial charge in [-0.25, -0.2) is 0 Å². The Kier molecular flexibility index (Phi) is 10.5. The number of benzene rings is 1. The van der Waals surface area contributed by atoms with Crippen LogP contribution in [-0.2, 0) is 25.6 Å². The Balaban J connectivity index is 0.00000341. The van der Waals surface area contributed by atoms with E-state index in [1.165, 1.54) is 0 Å². The third kappa shape index (κ3) is 7.34. The van der Waals surface area contributed by atoms with E-state index in [1.54, 1.807) is 7.05 Å². The fourth-order valence-electron chi connectivity index (χ4n) is 3.90. The zero-order valence-electron chi connectivity index (χ0n) is 18.3. The molecule has 0 bridgehead atoms. The van der Waals surface area contributed by atoms with Crippen LogP contribution in [-0.4, -0.2) is 62.2 Å². The van der Waals surface area contributed by atoms with Crippen molar-refractivity contribution in [1.82, 2.24) is 10.2 Å². The van der Waals surface area contributed by atoms with Gasteiger partial charge in [0.15, 0.2) is 5.96 Å². The van der Waals surface area contributed by atoms with Crippen molar-refractivity contribution < 1.29 is 19.1 Å². The van der Waals surface area contributed by atoms with Crippen molar-refractivity contribution in [2.45, 2.75) is 45.3 Å². The van der Waals surface area contributed by atoms with E-state index in [0.29, 0.717) is 26.3 Å². The molecule has 0 spiro atoms. The molecule has 0 aromatic heterocycles. The van der Waals surface area contributed by atoms with Gasteiger partial charge in [0.1, 0.15) is 6.10 Å². The molecule has 0 saturated carbocycles. The number of carbonyl (C=O) groups is 2. The summed E-state index contributed by atoms with van der Waals surface area (Å²) in [7, 11) is 1.74.